The van der Waals surface area contributed by atoms with Gasteiger partial charge in [0, 0.05) is 13.0 Å². The fourth-order valence-electron chi connectivity index (χ4n) is 4.93. The Balaban J connectivity index is 1.52. The van der Waals surface area contributed by atoms with Gasteiger partial charge in [0.1, 0.15) is 11.8 Å². The second-order valence-electron chi connectivity index (χ2n) is 9.97. The van der Waals surface area contributed by atoms with Crippen LogP contribution < -0.4 is 19.7 Å². The molecule has 0 aromatic heterocycles. The monoisotopic (exact) mass is 579 g/mol. The highest BCUT2D eigenvalue weighted by atomic mass is 19.2. The van der Waals surface area contributed by atoms with Crippen molar-refractivity contribution in [1.82, 2.24) is 10.2 Å². The van der Waals surface area contributed by atoms with Crippen LogP contribution in [0.2, 0.25) is 0 Å². The summed E-state index contributed by atoms with van der Waals surface area (Å²) in [7, 11) is 1.20. The van der Waals surface area contributed by atoms with Gasteiger partial charge in [0.05, 0.1) is 30.2 Å². The van der Waals surface area contributed by atoms with Crippen molar-refractivity contribution in [2.75, 3.05) is 12.0 Å². The number of halogens is 2. The number of piperidine rings is 1. The van der Waals surface area contributed by atoms with Crippen LogP contribution in [0.3, 0.4) is 0 Å². The summed E-state index contributed by atoms with van der Waals surface area (Å²) in [5.41, 5.74) is 1.30. The summed E-state index contributed by atoms with van der Waals surface area (Å²) in [5, 5.41) is 2.28. The first kappa shape index (κ1) is 28.5. The molecule has 5 rings (SSSR count). The highest BCUT2D eigenvalue weighted by Gasteiger charge is 2.42. The summed E-state index contributed by atoms with van der Waals surface area (Å²) < 4.78 is 44.3. The van der Waals surface area contributed by atoms with E-state index < -0.39 is 47.6 Å². The van der Waals surface area contributed by atoms with Crippen LogP contribution in [-0.4, -0.2) is 48.0 Å². The molecular formula is C30H27F2N3O7. The molecule has 2 aliphatic rings. The zero-order valence-electron chi connectivity index (χ0n) is 23.0. The van der Waals surface area contributed by atoms with E-state index in [0.29, 0.717) is 11.3 Å². The molecule has 12 heteroatoms. The van der Waals surface area contributed by atoms with Gasteiger partial charge in [-0.1, -0.05) is 12.1 Å². The summed E-state index contributed by atoms with van der Waals surface area (Å²) in [6, 6.07) is 12.0. The van der Waals surface area contributed by atoms with E-state index >= 15 is 0 Å². The van der Waals surface area contributed by atoms with Crippen LogP contribution in [0.5, 0.6) is 17.2 Å². The van der Waals surface area contributed by atoms with Crippen LogP contribution >= 0.6 is 0 Å². The number of ether oxygens (including phenoxy) is 3. The number of nitrogens with one attached hydrogen (secondary N) is 1. The Labute approximate surface area is 239 Å². The van der Waals surface area contributed by atoms with Gasteiger partial charge in [0.25, 0.3) is 5.91 Å². The lowest BCUT2D eigenvalue weighted by atomic mass is 10.0. The van der Waals surface area contributed by atoms with E-state index in [1.807, 2.05) is 0 Å². The molecule has 2 heterocycles. The van der Waals surface area contributed by atoms with Gasteiger partial charge in [-0.15, -0.1) is 0 Å². The van der Waals surface area contributed by atoms with Crippen molar-refractivity contribution in [3.8, 4) is 17.2 Å². The molecule has 1 atom stereocenters. The van der Waals surface area contributed by atoms with Gasteiger partial charge in [-0.2, -0.15) is 4.39 Å². The molecule has 0 saturated carbocycles. The van der Waals surface area contributed by atoms with Gasteiger partial charge in [0.15, 0.2) is 17.3 Å². The number of hydrogen-bond donors (Lipinski definition) is 1. The average molecular weight is 580 g/mol. The molecule has 3 aromatic carbocycles. The maximum atomic E-state index is 14.1. The van der Waals surface area contributed by atoms with Crippen LogP contribution in [0.4, 0.5) is 25.0 Å². The van der Waals surface area contributed by atoms with E-state index in [9.17, 15) is 28.0 Å². The summed E-state index contributed by atoms with van der Waals surface area (Å²) in [6.45, 7) is 3.65. The highest BCUT2D eigenvalue weighted by molar-refractivity contribution is 6.09. The van der Waals surface area contributed by atoms with E-state index in [1.54, 1.807) is 26.0 Å². The van der Waals surface area contributed by atoms with Crippen LogP contribution in [0, 0.1) is 11.6 Å². The fourth-order valence-corrected chi connectivity index (χ4v) is 4.93. The molecule has 3 aromatic rings. The summed E-state index contributed by atoms with van der Waals surface area (Å²) in [4.78, 5) is 53.6. The van der Waals surface area contributed by atoms with Gasteiger partial charge in [0.2, 0.25) is 17.6 Å². The third kappa shape index (κ3) is 5.35. The third-order valence-electron chi connectivity index (χ3n) is 6.82. The van der Waals surface area contributed by atoms with Crippen molar-refractivity contribution in [1.29, 1.82) is 0 Å². The van der Waals surface area contributed by atoms with Crippen molar-refractivity contribution in [3.05, 3.63) is 77.4 Å². The lowest BCUT2D eigenvalue weighted by Crippen LogP contribution is -2.52. The molecule has 1 saturated heterocycles. The maximum absolute atomic E-state index is 14.1. The van der Waals surface area contributed by atoms with E-state index in [4.69, 9.17) is 14.2 Å². The Hall–Kier alpha value is -5.00. The Kier molecular flexibility index (Phi) is 7.79. The van der Waals surface area contributed by atoms with Crippen molar-refractivity contribution in [2.24, 2.45) is 0 Å². The van der Waals surface area contributed by atoms with E-state index in [0.717, 1.165) is 6.07 Å². The Morgan fingerprint density at radius 3 is 2.45 bits per heavy atom. The number of amides is 4. The largest absolute Gasteiger partial charge is 0.488 e. The molecule has 1 fully saturated rings. The first-order valence-electron chi connectivity index (χ1n) is 13.2. The van der Waals surface area contributed by atoms with Crippen molar-refractivity contribution in [3.63, 3.8) is 0 Å². The molecule has 1 N–H and O–H groups in total. The number of benzene rings is 3. The third-order valence-corrected chi connectivity index (χ3v) is 6.82. The lowest BCUT2D eigenvalue weighted by molar-refractivity contribution is -0.136. The summed E-state index contributed by atoms with van der Waals surface area (Å²) in [6.07, 6.45) is -0.886. The smallest absolute Gasteiger partial charge is 0.418 e. The fraction of sp³-hybridized carbons (Fsp3) is 0.267. The maximum Gasteiger partial charge on any atom is 0.418 e. The predicted octanol–water partition coefficient (Wildman–Crippen LogP) is 5.21. The minimum Gasteiger partial charge on any atom is -0.488 e. The van der Waals surface area contributed by atoms with Crippen molar-refractivity contribution >= 4 is 35.2 Å². The van der Waals surface area contributed by atoms with Crippen LogP contribution in [-0.2, 0) is 20.9 Å². The van der Waals surface area contributed by atoms with Crippen LogP contribution in [0.15, 0.2) is 54.6 Å². The zero-order valence-corrected chi connectivity index (χ0v) is 23.0. The number of rotatable bonds is 7. The number of methoxy groups -OCH3 is 1. The SMILES string of the molecule is COC(=O)N(c1ccc(Oc2cccc(F)c2F)cc1)c1ccc2c(c1OC(C)C)C(=O)N(C1CCC(=O)NC1=O)C2. The van der Waals surface area contributed by atoms with E-state index in [-0.39, 0.29) is 47.9 Å². The number of anilines is 2. The Morgan fingerprint density at radius 2 is 1.79 bits per heavy atom. The summed E-state index contributed by atoms with van der Waals surface area (Å²) >= 11 is 0. The number of carbonyl (C=O) groups excluding carboxylic acids is 4. The number of hydrogen-bond acceptors (Lipinski definition) is 7. The van der Waals surface area contributed by atoms with Crippen molar-refractivity contribution in [2.45, 2.75) is 45.4 Å². The standard InChI is InChI=1S/C30H27F2N3O7/c1-16(2)41-27-21(12-7-17-15-34(29(38)25(17)27)22-13-14-24(36)33-28(22)37)35(30(39)40-3)18-8-10-19(11-9-18)42-23-6-4-5-20(31)26(23)32/h4-12,16,22H,13-15H2,1-3H3,(H,33,36,37). The minimum atomic E-state index is -1.14. The molecule has 4 amide bonds. The number of fused-ring (bicyclic) bond motifs is 1. The van der Waals surface area contributed by atoms with Gasteiger partial charge >= 0.3 is 6.09 Å². The lowest BCUT2D eigenvalue weighted by Gasteiger charge is -2.29. The second kappa shape index (κ2) is 11.5. The molecule has 10 nitrogen and oxygen atoms in total. The molecular weight excluding hydrogens is 552 g/mol. The molecule has 218 valence electrons. The molecule has 42 heavy (non-hydrogen) atoms. The van der Waals surface area contributed by atoms with E-state index in [2.05, 4.69) is 5.32 Å². The normalized spacial score (nSPS) is 16.3. The van der Waals surface area contributed by atoms with Crippen LogP contribution in [0.25, 0.3) is 0 Å². The first-order valence-corrected chi connectivity index (χ1v) is 13.2. The quantitative estimate of drug-likeness (QED) is 0.382. The molecule has 0 aliphatic carbocycles. The summed E-state index contributed by atoms with van der Waals surface area (Å²) in [5.74, 6) is -3.61. The Bertz CT molecular complexity index is 1580. The Morgan fingerprint density at radius 1 is 1.05 bits per heavy atom. The van der Waals surface area contributed by atoms with Gasteiger partial charge < -0.3 is 19.1 Å². The number of imide groups is 1. The van der Waals surface area contributed by atoms with Crippen LogP contribution in [0.1, 0.15) is 42.6 Å². The first-order chi connectivity index (χ1) is 20.1. The highest BCUT2D eigenvalue weighted by Crippen LogP contribution is 2.43. The predicted molar refractivity (Wildman–Crippen MR) is 146 cm³/mol. The molecule has 0 bridgehead atoms. The topological polar surface area (TPSA) is 114 Å². The van der Waals surface area contributed by atoms with Gasteiger partial charge in [-0.25, -0.2) is 14.1 Å². The number of carbonyl (C=O) groups is 4. The van der Waals surface area contributed by atoms with Crippen molar-refractivity contribution < 1.29 is 42.2 Å². The molecule has 1 unspecified atom stereocenters. The van der Waals surface area contributed by atoms with Gasteiger partial charge in [-0.05, 0) is 68.3 Å². The van der Waals surface area contributed by atoms with E-state index in [1.165, 1.54) is 53.3 Å². The minimum absolute atomic E-state index is 0.110. The molecule has 0 spiro atoms. The second-order valence-corrected chi connectivity index (χ2v) is 9.97. The molecule has 0 radical (unpaired) electrons. The number of nitrogens with zero attached hydrogens (tertiary/aromatic N) is 2. The average Bonchev–Trinajstić information content (AvgIpc) is 3.29. The van der Waals surface area contributed by atoms with Gasteiger partial charge in [-0.3, -0.25) is 19.7 Å². The molecule has 2 aliphatic heterocycles. The zero-order chi connectivity index (χ0) is 30.1.